The zero-order valence-corrected chi connectivity index (χ0v) is 16.6. The van der Waals surface area contributed by atoms with Gasteiger partial charge in [0.25, 0.3) is 0 Å². The van der Waals surface area contributed by atoms with Crippen LogP contribution in [0.1, 0.15) is 53.3 Å². The number of nitrogens with one attached hydrogen (secondary N) is 1. The second kappa shape index (κ2) is 6.70. The van der Waals surface area contributed by atoms with Gasteiger partial charge in [0.05, 0.1) is 11.8 Å². The van der Waals surface area contributed by atoms with Crippen LogP contribution in [0.25, 0.3) is 22.6 Å². The van der Waals surface area contributed by atoms with Crippen molar-refractivity contribution in [1.82, 2.24) is 19.9 Å². The van der Waals surface area contributed by atoms with E-state index in [1.807, 2.05) is 24.3 Å². The number of nitrogens with zero attached hydrogens (tertiary/aromatic N) is 3. The van der Waals surface area contributed by atoms with Crippen LogP contribution in [0, 0.1) is 5.82 Å². The number of halogens is 1. The Bertz CT molecular complexity index is 1310. The number of carbonyl (C=O) groups excluding carboxylic acids is 1. The van der Waals surface area contributed by atoms with Crippen LogP contribution >= 0.6 is 0 Å². The van der Waals surface area contributed by atoms with Crippen molar-refractivity contribution in [3.63, 3.8) is 0 Å². The Kier molecular flexibility index (Phi) is 3.93. The Hall–Kier alpha value is -3.61. The highest BCUT2D eigenvalue weighted by molar-refractivity contribution is 5.94. The number of hydrogen-bond donors (Lipinski definition) is 1. The molecule has 4 aromatic rings. The lowest BCUT2D eigenvalue weighted by Gasteiger charge is -2.35. The fraction of sp³-hybridized carbons (Fsp3) is 0.250. The van der Waals surface area contributed by atoms with Gasteiger partial charge in [0.2, 0.25) is 0 Å². The first-order chi connectivity index (χ1) is 15.1. The summed E-state index contributed by atoms with van der Waals surface area (Å²) < 4.78 is 19.1. The third-order valence-corrected chi connectivity index (χ3v) is 6.47. The molecule has 0 radical (unpaired) electrons. The number of fused-ring (bicyclic) bond motifs is 3. The molecule has 1 aliphatic carbocycles. The molecular weight excluding hydrogens is 395 g/mol. The minimum atomic E-state index is -0.508. The molecule has 1 spiro atoms. The van der Waals surface area contributed by atoms with Gasteiger partial charge in [-0.3, -0.25) is 0 Å². The molecule has 1 fully saturated rings. The number of aromatic nitrogens is 4. The van der Waals surface area contributed by atoms with Crippen LogP contribution < -0.4 is 0 Å². The summed E-state index contributed by atoms with van der Waals surface area (Å²) in [6.45, 7) is 0. The molecule has 7 heteroatoms. The fourth-order valence-electron chi connectivity index (χ4n) is 4.83. The van der Waals surface area contributed by atoms with E-state index in [9.17, 15) is 9.18 Å². The Morgan fingerprint density at radius 1 is 1.03 bits per heavy atom. The van der Waals surface area contributed by atoms with Crippen LogP contribution in [0.3, 0.4) is 0 Å². The monoisotopic (exact) mass is 414 g/mol. The number of ether oxygens (including phenoxy) is 1. The molecule has 0 amide bonds. The van der Waals surface area contributed by atoms with E-state index in [1.165, 1.54) is 12.1 Å². The average Bonchev–Trinajstić information content (AvgIpc) is 3.34. The molecule has 31 heavy (non-hydrogen) atoms. The van der Waals surface area contributed by atoms with E-state index in [4.69, 9.17) is 9.72 Å². The SMILES string of the molecule is O=C1O[C@]2(CC[C@H](c3nc4nc(-c5ccc(F)cc5)ncc4[nH]3)CC2)c2ccccc21. The molecule has 0 saturated heterocycles. The summed E-state index contributed by atoms with van der Waals surface area (Å²) in [5.41, 5.74) is 3.31. The lowest BCUT2D eigenvalue weighted by molar-refractivity contribution is -0.0312. The van der Waals surface area contributed by atoms with Gasteiger partial charge in [-0.25, -0.2) is 24.1 Å². The molecule has 2 aromatic carbocycles. The molecule has 2 aromatic heterocycles. The minimum Gasteiger partial charge on any atom is -0.451 e. The largest absolute Gasteiger partial charge is 0.451 e. The summed E-state index contributed by atoms with van der Waals surface area (Å²) in [5, 5.41) is 0. The van der Waals surface area contributed by atoms with E-state index >= 15 is 0 Å². The predicted octanol–water partition coefficient (Wildman–Crippen LogP) is 4.88. The van der Waals surface area contributed by atoms with Gasteiger partial charge in [-0.05, 0) is 56.0 Å². The summed E-state index contributed by atoms with van der Waals surface area (Å²) in [7, 11) is 0. The lowest BCUT2D eigenvalue weighted by atomic mass is 9.75. The average molecular weight is 414 g/mol. The van der Waals surface area contributed by atoms with E-state index in [2.05, 4.69) is 15.0 Å². The first-order valence-corrected chi connectivity index (χ1v) is 10.4. The van der Waals surface area contributed by atoms with Crippen molar-refractivity contribution in [1.29, 1.82) is 0 Å². The van der Waals surface area contributed by atoms with Crippen molar-refractivity contribution in [2.45, 2.75) is 37.2 Å². The third kappa shape index (κ3) is 2.91. The molecular formula is C24H19FN4O2. The number of imidazole rings is 1. The van der Waals surface area contributed by atoms with Gasteiger partial charge in [0, 0.05) is 17.0 Å². The van der Waals surface area contributed by atoms with E-state index in [0.717, 1.165) is 48.2 Å². The smallest absolute Gasteiger partial charge is 0.339 e. The van der Waals surface area contributed by atoms with Crippen LogP contribution in [-0.4, -0.2) is 25.9 Å². The maximum atomic E-state index is 13.2. The molecule has 0 atom stereocenters. The highest BCUT2D eigenvalue weighted by atomic mass is 19.1. The van der Waals surface area contributed by atoms with Gasteiger partial charge in [-0.2, -0.15) is 0 Å². The molecule has 0 bridgehead atoms. The Labute approximate surface area is 177 Å². The summed E-state index contributed by atoms with van der Waals surface area (Å²) in [6.07, 6.45) is 4.98. The molecule has 1 N–H and O–H groups in total. The summed E-state index contributed by atoms with van der Waals surface area (Å²) in [4.78, 5) is 29.3. The lowest BCUT2D eigenvalue weighted by Crippen LogP contribution is -2.31. The molecule has 1 aliphatic heterocycles. The van der Waals surface area contributed by atoms with E-state index in [0.29, 0.717) is 17.0 Å². The van der Waals surface area contributed by atoms with Crippen LogP contribution in [-0.2, 0) is 10.3 Å². The van der Waals surface area contributed by atoms with Gasteiger partial charge < -0.3 is 9.72 Å². The van der Waals surface area contributed by atoms with Crippen molar-refractivity contribution in [3.8, 4) is 11.4 Å². The quantitative estimate of drug-likeness (QED) is 0.473. The number of H-pyrrole nitrogens is 1. The number of benzene rings is 2. The molecule has 6 nitrogen and oxygen atoms in total. The number of carbonyl (C=O) groups is 1. The maximum absolute atomic E-state index is 13.2. The van der Waals surface area contributed by atoms with Crippen LogP contribution in [0.15, 0.2) is 54.7 Å². The highest BCUT2D eigenvalue weighted by Gasteiger charge is 2.47. The van der Waals surface area contributed by atoms with Crippen LogP contribution in [0.5, 0.6) is 0 Å². The predicted molar refractivity (Wildman–Crippen MR) is 112 cm³/mol. The first kappa shape index (κ1) is 18.2. The van der Waals surface area contributed by atoms with E-state index < -0.39 is 5.60 Å². The molecule has 3 heterocycles. The number of rotatable bonds is 2. The Morgan fingerprint density at radius 2 is 1.81 bits per heavy atom. The summed E-state index contributed by atoms with van der Waals surface area (Å²) in [6, 6.07) is 13.8. The molecule has 1 saturated carbocycles. The third-order valence-electron chi connectivity index (χ3n) is 6.47. The molecule has 0 unspecified atom stereocenters. The van der Waals surface area contributed by atoms with Crippen LogP contribution in [0.4, 0.5) is 4.39 Å². The van der Waals surface area contributed by atoms with Gasteiger partial charge >= 0.3 is 5.97 Å². The van der Waals surface area contributed by atoms with Gasteiger partial charge in [0.15, 0.2) is 11.5 Å². The standard InChI is InChI=1S/C24H19FN4O2/c25-16-7-5-14(6-8-16)20-26-13-19-22(28-20)29-21(27-19)15-9-11-24(12-10-15)18-4-2-1-3-17(18)23(30)31-24/h1-8,13,15H,9-12H2,(H,26,27,28,29)/t15-,24-. The second-order valence-corrected chi connectivity index (χ2v) is 8.26. The Balaban J connectivity index is 1.25. The summed E-state index contributed by atoms with van der Waals surface area (Å²) >= 11 is 0. The van der Waals surface area contributed by atoms with Crippen molar-refractivity contribution >= 4 is 17.1 Å². The van der Waals surface area contributed by atoms with Gasteiger partial charge in [-0.15, -0.1) is 0 Å². The van der Waals surface area contributed by atoms with Crippen molar-refractivity contribution in [2.75, 3.05) is 0 Å². The fourth-order valence-corrected chi connectivity index (χ4v) is 4.83. The highest BCUT2D eigenvalue weighted by Crippen LogP contribution is 2.49. The first-order valence-electron chi connectivity index (χ1n) is 10.4. The second-order valence-electron chi connectivity index (χ2n) is 8.26. The zero-order chi connectivity index (χ0) is 21.0. The minimum absolute atomic E-state index is 0.221. The zero-order valence-electron chi connectivity index (χ0n) is 16.6. The summed E-state index contributed by atoms with van der Waals surface area (Å²) in [5.74, 6) is 1.12. The normalized spacial score (nSPS) is 22.6. The van der Waals surface area contributed by atoms with Crippen LogP contribution in [0.2, 0.25) is 0 Å². The van der Waals surface area contributed by atoms with E-state index in [1.54, 1.807) is 18.3 Å². The number of aromatic amines is 1. The van der Waals surface area contributed by atoms with Crippen molar-refractivity contribution in [2.24, 2.45) is 0 Å². The van der Waals surface area contributed by atoms with Crippen molar-refractivity contribution < 1.29 is 13.9 Å². The molecule has 154 valence electrons. The molecule has 6 rings (SSSR count). The van der Waals surface area contributed by atoms with Gasteiger partial charge in [-0.1, -0.05) is 18.2 Å². The van der Waals surface area contributed by atoms with E-state index in [-0.39, 0.29) is 17.7 Å². The van der Waals surface area contributed by atoms with Gasteiger partial charge in [0.1, 0.15) is 22.8 Å². The molecule has 2 aliphatic rings. The number of hydrogen-bond acceptors (Lipinski definition) is 5. The topological polar surface area (TPSA) is 80.8 Å². The Morgan fingerprint density at radius 3 is 2.61 bits per heavy atom. The maximum Gasteiger partial charge on any atom is 0.339 e. The number of esters is 1. The van der Waals surface area contributed by atoms with Crippen molar-refractivity contribution in [3.05, 3.63) is 77.5 Å².